The van der Waals surface area contributed by atoms with Crippen LogP contribution in [-0.2, 0) is 16.0 Å². The molecule has 1 aliphatic heterocycles. The summed E-state index contributed by atoms with van der Waals surface area (Å²) < 4.78 is 0. The molecule has 150 valence electrons. The van der Waals surface area contributed by atoms with Gasteiger partial charge in [0.2, 0.25) is 0 Å². The topological polar surface area (TPSA) is 70.5 Å². The van der Waals surface area contributed by atoms with E-state index in [-0.39, 0.29) is 11.3 Å². The quantitative estimate of drug-likeness (QED) is 0.370. The largest absolute Gasteiger partial charge is 0.507 e. The van der Waals surface area contributed by atoms with Crippen LogP contribution >= 0.6 is 11.6 Å². The number of rotatable bonds is 4. The van der Waals surface area contributed by atoms with Crippen LogP contribution in [0.15, 0.2) is 78.6 Å². The van der Waals surface area contributed by atoms with Gasteiger partial charge in [0.05, 0.1) is 11.6 Å². The van der Waals surface area contributed by atoms with Gasteiger partial charge in [-0.1, -0.05) is 42.8 Å². The van der Waals surface area contributed by atoms with E-state index in [4.69, 9.17) is 11.6 Å². The molecule has 1 atom stereocenters. The Kier molecular flexibility index (Phi) is 5.38. The number of ketones is 1. The van der Waals surface area contributed by atoms with Crippen molar-refractivity contribution in [1.82, 2.24) is 4.98 Å². The van der Waals surface area contributed by atoms with Crippen LogP contribution in [0.25, 0.3) is 5.76 Å². The molecule has 5 nitrogen and oxygen atoms in total. The third-order valence-corrected chi connectivity index (χ3v) is 5.46. The Morgan fingerprint density at radius 1 is 1.00 bits per heavy atom. The summed E-state index contributed by atoms with van der Waals surface area (Å²) >= 11 is 5.99. The van der Waals surface area contributed by atoms with Gasteiger partial charge in [-0.25, -0.2) is 0 Å². The lowest BCUT2D eigenvalue weighted by atomic mass is 9.95. The molecule has 1 saturated heterocycles. The molecule has 2 heterocycles. The first-order valence-corrected chi connectivity index (χ1v) is 9.95. The Morgan fingerprint density at radius 2 is 1.63 bits per heavy atom. The van der Waals surface area contributed by atoms with Gasteiger partial charge in [-0.15, -0.1) is 0 Å². The van der Waals surface area contributed by atoms with E-state index in [1.54, 1.807) is 60.9 Å². The smallest absolute Gasteiger partial charge is 0.300 e. The van der Waals surface area contributed by atoms with Crippen LogP contribution in [-0.4, -0.2) is 21.8 Å². The lowest BCUT2D eigenvalue weighted by molar-refractivity contribution is -0.132. The fourth-order valence-electron chi connectivity index (χ4n) is 3.62. The second-order valence-corrected chi connectivity index (χ2v) is 7.41. The highest BCUT2D eigenvalue weighted by molar-refractivity contribution is 6.51. The number of Topliss-reactive ketones (excluding diaryl/α,β-unsaturated/α-hetero) is 1. The van der Waals surface area contributed by atoms with Crippen molar-refractivity contribution in [3.05, 3.63) is 100 Å². The number of carbonyl (C=O) groups excluding carboxylic acids is 2. The minimum atomic E-state index is -0.778. The van der Waals surface area contributed by atoms with Crippen molar-refractivity contribution in [1.29, 1.82) is 0 Å². The monoisotopic (exact) mass is 418 g/mol. The van der Waals surface area contributed by atoms with E-state index in [0.717, 1.165) is 12.0 Å². The zero-order valence-electron chi connectivity index (χ0n) is 16.2. The van der Waals surface area contributed by atoms with Crippen molar-refractivity contribution < 1.29 is 14.7 Å². The number of aromatic nitrogens is 1. The van der Waals surface area contributed by atoms with Crippen molar-refractivity contribution in [2.45, 2.75) is 19.4 Å². The van der Waals surface area contributed by atoms with E-state index in [2.05, 4.69) is 4.98 Å². The molecule has 1 aliphatic rings. The molecule has 0 spiro atoms. The van der Waals surface area contributed by atoms with Crippen molar-refractivity contribution in [3.63, 3.8) is 0 Å². The molecule has 3 aromatic rings. The fourth-order valence-corrected chi connectivity index (χ4v) is 3.74. The number of carbonyl (C=O) groups is 2. The number of aliphatic hydroxyl groups is 1. The molecule has 6 heteroatoms. The number of aryl methyl sites for hydroxylation is 1. The van der Waals surface area contributed by atoms with E-state index in [9.17, 15) is 14.7 Å². The first kappa shape index (κ1) is 19.9. The number of amides is 1. The van der Waals surface area contributed by atoms with Crippen molar-refractivity contribution in [3.8, 4) is 0 Å². The number of anilines is 1. The molecular weight excluding hydrogens is 400 g/mol. The van der Waals surface area contributed by atoms with Crippen molar-refractivity contribution in [2.75, 3.05) is 4.90 Å². The number of halogens is 1. The van der Waals surface area contributed by atoms with Gasteiger partial charge in [0, 0.05) is 28.7 Å². The SMILES string of the molecule is CCc1ccc(/C(O)=C2/C(=O)C(=O)N(c3ccc(Cl)cc3)C2c2ccncc2)cc1. The van der Waals surface area contributed by atoms with Crippen LogP contribution < -0.4 is 4.90 Å². The van der Waals surface area contributed by atoms with Crippen LogP contribution in [0, 0.1) is 0 Å². The number of nitrogens with zero attached hydrogens (tertiary/aromatic N) is 2. The molecule has 1 amide bonds. The summed E-state index contributed by atoms with van der Waals surface area (Å²) in [6, 6.07) is 16.7. The summed E-state index contributed by atoms with van der Waals surface area (Å²) in [6.07, 6.45) is 4.04. The van der Waals surface area contributed by atoms with Crippen molar-refractivity contribution >= 4 is 34.7 Å². The Bertz CT molecular complexity index is 1120. The molecule has 1 fully saturated rings. The highest BCUT2D eigenvalue weighted by Gasteiger charge is 2.46. The molecule has 0 bridgehead atoms. The average molecular weight is 419 g/mol. The van der Waals surface area contributed by atoms with Gasteiger partial charge in [0.25, 0.3) is 11.7 Å². The summed E-state index contributed by atoms with van der Waals surface area (Å²) in [7, 11) is 0. The second kappa shape index (κ2) is 8.13. The average Bonchev–Trinajstić information content (AvgIpc) is 3.05. The Labute approximate surface area is 179 Å². The van der Waals surface area contributed by atoms with Crippen LogP contribution in [0.4, 0.5) is 5.69 Å². The highest BCUT2D eigenvalue weighted by atomic mass is 35.5. The van der Waals surface area contributed by atoms with E-state index in [0.29, 0.717) is 21.8 Å². The lowest BCUT2D eigenvalue weighted by Crippen LogP contribution is -2.29. The molecule has 0 saturated carbocycles. The van der Waals surface area contributed by atoms with E-state index < -0.39 is 17.7 Å². The standard InChI is InChI=1S/C24H19ClN2O3/c1-2-15-3-5-17(6-4-15)22(28)20-21(16-11-13-26-14-12-16)27(24(30)23(20)29)19-9-7-18(25)8-10-19/h3-14,21,28H,2H2,1H3/b22-20-. The predicted octanol–water partition coefficient (Wildman–Crippen LogP) is 4.92. The molecular formula is C24H19ClN2O3. The van der Waals surface area contributed by atoms with E-state index >= 15 is 0 Å². The molecule has 1 unspecified atom stereocenters. The summed E-state index contributed by atoms with van der Waals surface area (Å²) in [5.41, 5.74) is 2.83. The van der Waals surface area contributed by atoms with Crippen molar-refractivity contribution in [2.24, 2.45) is 0 Å². The number of benzene rings is 2. The number of hydrogen-bond donors (Lipinski definition) is 1. The Morgan fingerprint density at radius 3 is 2.23 bits per heavy atom. The van der Waals surface area contributed by atoms with Crippen LogP contribution in [0.2, 0.25) is 5.02 Å². The van der Waals surface area contributed by atoms with Gasteiger partial charge >= 0.3 is 0 Å². The van der Waals surface area contributed by atoms with Gasteiger partial charge in [-0.05, 0) is 53.9 Å². The van der Waals surface area contributed by atoms with Crippen LogP contribution in [0.5, 0.6) is 0 Å². The maximum Gasteiger partial charge on any atom is 0.300 e. The van der Waals surface area contributed by atoms with Crippen LogP contribution in [0.3, 0.4) is 0 Å². The van der Waals surface area contributed by atoms with E-state index in [1.807, 2.05) is 19.1 Å². The van der Waals surface area contributed by atoms with Gasteiger partial charge in [0.15, 0.2) is 0 Å². The first-order valence-electron chi connectivity index (χ1n) is 9.57. The maximum absolute atomic E-state index is 13.0. The third-order valence-electron chi connectivity index (χ3n) is 5.21. The highest BCUT2D eigenvalue weighted by Crippen LogP contribution is 2.42. The minimum Gasteiger partial charge on any atom is -0.507 e. The third kappa shape index (κ3) is 3.48. The number of hydrogen-bond acceptors (Lipinski definition) is 4. The van der Waals surface area contributed by atoms with Gasteiger partial charge < -0.3 is 5.11 Å². The zero-order chi connectivity index (χ0) is 21.3. The fraction of sp³-hybridized carbons (Fsp3) is 0.125. The molecule has 4 rings (SSSR count). The van der Waals surface area contributed by atoms with Crippen LogP contribution in [0.1, 0.15) is 29.7 Å². The van der Waals surface area contributed by atoms with Gasteiger partial charge in [0.1, 0.15) is 5.76 Å². The minimum absolute atomic E-state index is 0.0467. The molecule has 0 aliphatic carbocycles. The molecule has 2 aromatic carbocycles. The summed E-state index contributed by atoms with van der Waals surface area (Å²) in [5.74, 6) is -1.64. The molecule has 30 heavy (non-hydrogen) atoms. The molecule has 0 radical (unpaired) electrons. The zero-order valence-corrected chi connectivity index (χ0v) is 17.0. The first-order chi connectivity index (χ1) is 14.5. The number of aliphatic hydroxyl groups excluding tert-OH is 1. The number of pyridine rings is 1. The van der Waals surface area contributed by atoms with Gasteiger partial charge in [-0.3, -0.25) is 19.5 Å². The molecule has 1 aromatic heterocycles. The van der Waals surface area contributed by atoms with Gasteiger partial charge in [-0.2, -0.15) is 0 Å². The lowest BCUT2D eigenvalue weighted by Gasteiger charge is -2.25. The summed E-state index contributed by atoms with van der Waals surface area (Å²) in [6.45, 7) is 2.04. The van der Waals surface area contributed by atoms with E-state index in [1.165, 1.54) is 4.90 Å². The predicted molar refractivity (Wildman–Crippen MR) is 116 cm³/mol. The normalized spacial score (nSPS) is 18.1. The summed E-state index contributed by atoms with van der Waals surface area (Å²) in [5, 5.41) is 11.6. The Balaban J connectivity index is 1.90. The Hall–Kier alpha value is -3.44. The second-order valence-electron chi connectivity index (χ2n) is 6.98. The molecule has 1 N–H and O–H groups in total. The summed E-state index contributed by atoms with van der Waals surface area (Å²) in [4.78, 5) is 31.4. The maximum atomic E-state index is 13.0.